The molecule has 1 fully saturated rings. The molecular weight excluding hydrogens is 613 g/mol. The van der Waals surface area contributed by atoms with Gasteiger partial charge < -0.3 is 10.0 Å². The number of carbonyl (C=O) groups excluding carboxylic acids is 1. The molecule has 0 aromatic heterocycles. The van der Waals surface area contributed by atoms with Crippen LogP contribution in [-0.2, 0) is 19.4 Å². The third-order valence-electron chi connectivity index (χ3n) is 7.12. The van der Waals surface area contributed by atoms with Gasteiger partial charge in [0.05, 0.1) is 23.6 Å². The zero-order valence-corrected chi connectivity index (χ0v) is 24.7. The minimum atomic E-state index is -3.43. The van der Waals surface area contributed by atoms with Crippen molar-refractivity contribution in [2.75, 3.05) is 11.5 Å². The van der Waals surface area contributed by atoms with E-state index in [0.717, 1.165) is 14.7 Å². The van der Waals surface area contributed by atoms with Crippen molar-refractivity contribution in [1.82, 2.24) is 4.90 Å². The first kappa shape index (κ1) is 28.9. The Balaban J connectivity index is 2.30. The molecule has 0 radical (unpaired) electrons. The number of piperidine rings is 1. The van der Waals surface area contributed by atoms with Crippen molar-refractivity contribution in [3.05, 3.63) is 68.3 Å². The van der Waals surface area contributed by atoms with Crippen molar-refractivity contribution in [3.8, 4) is 0 Å². The lowest BCUT2D eigenvalue weighted by Gasteiger charge is -2.52. The molecular formula is C27H33ClINO5S. The summed E-state index contributed by atoms with van der Waals surface area (Å²) < 4.78 is 26.7. The molecule has 1 N–H and O–H groups in total. The van der Waals surface area contributed by atoms with Gasteiger partial charge in [0, 0.05) is 26.3 Å². The smallest absolute Gasteiger partial charge is 0.304 e. The van der Waals surface area contributed by atoms with E-state index in [0.29, 0.717) is 11.4 Å². The van der Waals surface area contributed by atoms with E-state index in [1.165, 1.54) is 0 Å². The normalized spacial score (nSPS) is 23.6. The van der Waals surface area contributed by atoms with Crippen molar-refractivity contribution in [1.29, 1.82) is 0 Å². The first-order valence-electron chi connectivity index (χ1n) is 12.0. The molecule has 196 valence electrons. The number of carboxylic acid groups (broad SMARTS) is 1. The summed E-state index contributed by atoms with van der Waals surface area (Å²) in [5, 5.41) is 10.3. The van der Waals surface area contributed by atoms with E-state index >= 15 is 0 Å². The monoisotopic (exact) mass is 645 g/mol. The van der Waals surface area contributed by atoms with Crippen molar-refractivity contribution in [3.63, 3.8) is 0 Å². The van der Waals surface area contributed by atoms with Gasteiger partial charge in [-0.1, -0.05) is 63.6 Å². The summed E-state index contributed by atoms with van der Waals surface area (Å²) in [6, 6.07) is 14.2. The first-order chi connectivity index (χ1) is 16.8. The standard InChI is InChI=1S/C27H33ClINO5S/c1-5-36(34,35)16-23(17(2)3)30-25(18-9-11-20(28)12-10-18)22(19-7-6-8-21(29)13-19)14-27(4,26(30)33)15-24(31)32/h6-13,17,22-23,25H,5,14-16H2,1-4H3,(H,31,32)/t22-,23?,25-,27-/m1/s1. The lowest BCUT2D eigenvalue weighted by atomic mass is 9.67. The van der Waals surface area contributed by atoms with E-state index in [-0.39, 0.29) is 35.7 Å². The molecule has 3 rings (SSSR count). The summed E-state index contributed by atoms with van der Waals surface area (Å²) in [5.74, 6) is -2.01. The highest BCUT2D eigenvalue weighted by atomic mass is 127. The van der Waals surface area contributed by atoms with Gasteiger partial charge >= 0.3 is 5.97 Å². The van der Waals surface area contributed by atoms with Gasteiger partial charge in [-0.15, -0.1) is 0 Å². The van der Waals surface area contributed by atoms with E-state index < -0.39 is 33.3 Å². The van der Waals surface area contributed by atoms with Crippen LogP contribution in [0.3, 0.4) is 0 Å². The molecule has 9 heteroatoms. The summed E-state index contributed by atoms with van der Waals surface area (Å²) in [7, 11) is -3.43. The van der Waals surface area contributed by atoms with Crippen LogP contribution < -0.4 is 0 Å². The summed E-state index contributed by atoms with van der Waals surface area (Å²) in [5.41, 5.74) is 0.634. The third kappa shape index (κ3) is 6.42. The Kier molecular flexibility index (Phi) is 9.15. The molecule has 1 amide bonds. The van der Waals surface area contributed by atoms with Crippen LogP contribution >= 0.6 is 34.2 Å². The van der Waals surface area contributed by atoms with Gasteiger partial charge in [0.25, 0.3) is 0 Å². The van der Waals surface area contributed by atoms with Gasteiger partial charge in [-0.2, -0.15) is 0 Å². The number of halogens is 2. The van der Waals surface area contributed by atoms with Crippen molar-refractivity contribution >= 4 is 55.9 Å². The maximum absolute atomic E-state index is 14.2. The Morgan fingerprint density at radius 2 is 1.83 bits per heavy atom. The molecule has 2 aromatic carbocycles. The molecule has 1 aliphatic rings. The number of aliphatic carboxylic acids is 1. The maximum Gasteiger partial charge on any atom is 0.304 e. The minimum absolute atomic E-state index is 0.0312. The van der Waals surface area contributed by atoms with Gasteiger partial charge in [0.1, 0.15) is 0 Å². The second kappa shape index (κ2) is 11.4. The average Bonchev–Trinajstić information content (AvgIpc) is 2.79. The predicted molar refractivity (Wildman–Crippen MR) is 151 cm³/mol. The number of nitrogens with zero attached hydrogens (tertiary/aromatic N) is 1. The molecule has 1 heterocycles. The summed E-state index contributed by atoms with van der Waals surface area (Å²) in [4.78, 5) is 27.8. The van der Waals surface area contributed by atoms with Crippen LogP contribution in [0.1, 0.15) is 63.6 Å². The van der Waals surface area contributed by atoms with E-state index in [9.17, 15) is 23.1 Å². The Morgan fingerprint density at radius 1 is 1.19 bits per heavy atom. The second-order valence-corrected chi connectivity index (χ2v) is 14.3. The topological polar surface area (TPSA) is 91.8 Å². The molecule has 0 spiro atoms. The molecule has 0 aliphatic carbocycles. The number of amides is 1. The number of hydrogen-bond donors (Lipinski definition) is 1. The van der Waals surface area contributed by atoms with E-state index in [1.54, 1.807) is 30.9 Å². The van der Waals surface area contributed by atoms with Crippen LogP contribution in [0.5, 0.6) is 0 Å². The fraction of sp³-hybridized carbons (Fsp3) is 0.481. The molecule has 0 saturated carbocycles. The molecule has 4 atom stereocenters. The van der Waals surface area contributed by atoms with E-state index in [4.69, 9.17) is 11.6 Å². The van der Waals surface area contributed by atoms with Crippen LogP contribution in [0.25, 0.3) is 0 Å². The molecule has 2 aromatic rings. The number of hydrogen-bond acceptors (Lipinski definition) is 4. The highest BCUT2D eigenvalue weighted by molar-refractivity contribution is 14.1. The van der Waals surface area contributed by atoms with Gasteiger partial charge in [-0.25, -0.2) is 8.42 Å². The molecule has 36 heavy (non-hydrogen) atoms. The fourth-order valence-electron chi connectivity index (χ4n) is 5.22. The number of sulfone groups is 1. The van der Waals surface area contributed by atoms with Crippen LogP contribution in [0, 0.1) is 14.9 Å². The molecule has 1 unspecified atom stereocenters. The van der Waals surface area contributed by atoms with Crippen LogP contribution in [0.4, 0.5) is 0 Å². The number of likely N-dealkylation sites (tertiary alicyclic amines) is 1. The Bertz CT molecular complexity index is 1220. The molecule has 1 saturated heterocycles. The van der Waals surface area contributed by atoms with Crippen molar-refractivity contribution in [2.45, 2.75) is 58.5 Å². The predicted octanol–water partition coefficient (Wildman–Crippen LogP) is 5.94. The Hall–Kier alpha value is -1.65. The van der Waals surface area contributed by atoms with Gasteiger partial charge in [-0.05, 0) is 70.3 Å². The van der Waals surface area contributed by atoms with Gasteiger partial charge in [0.15, 0.2) is 9.84 Å². The van der Waals surface area contributed by atoms with Crippen molar-refractivity contribution < 1.29 is 23.1 Å². The zero-order valence-electron chi connectivity index (χ0n) is 20.9. The van der Waals surface area contributed by atoms with Crippen molar-refractivity contribution in [2.24, 2.45) is 11.3 Å². The van der Waals surface area contributed by atoms with Gasteiger partial charge in [-0.3, -0.25) is 9.59 Å². The van der Waals surface area contributed by atoms with Crippen LogP contribution in [0.15, 0.2) is 48.5 Å². The SMILES string of the molecule is CCS(=O)(=O)CC(C(C)C)N1C(=O)[C@@](C)(CC(=O)O)C[C@H](c2cccc(I)c2)[C@H]1c1ccc(Cl)cc1. The molecule has 1 aliphatic heterocycles. The van der Waals surface area contributed by atoms with E-state index in [1.807, 2.05) is 44.2 Å². The van der Waals surface area contributed by atoms with E-state index in [2.05, 4.69) is 28.7 Å². The molecule has 6 nitrogen and oxygen atoms in total. The summed E-state index contributed by atoms with van der Waals surface area (Å²) in [6.07, 6.45) is -0.00516. The number of carboxylic acids is 1. The number of rotatable bonds is 9. The Morgan fingerprint density at radius 3 is 2.36 bits per heavy atom. The summed E-state index contributed by atoms with van der Waals surface area (Å²) >= 11 is 8.43. The lowest BCUT2D eigenvalue weighted by molar-refractivity contribution is -0.161. The first-order valence-corrected chi connectivity index (χ1v) is 15.3. The van der Waals surface area contributed by atoms with Crippen LogP contribution in [0.2, 0.25) is 5.02 Å². The Labute approximate surface area is 232 Å². The van der Waals surface area contributed by atoms with Crippen LogP contribution in [-0.4, -0.2) is 47.8 Å². The summed E-state index contributed by atoms with van der Waals surface area (Å²) in [6.45, 7) is 7.11. The number of benzene rings is 2. The molecule has 0 bridgehead atoms. The largest absolute Gasteiger partial charge is 0.481 e. The number of carbonyl (C=O) groups is 2. The average molecular weight is 646 g/mol. The highest BCUT2D eigenvalue weighted by Gasteiger charge is 2.53. The lowest BCUT2D eigenvalue weighted by Crippen LogP contribution is -2.58. The third-order valence-corrected chi connectivity index (χ3v) is 9.78. The quantitative estimate of drug-likeness (QED) is 0.341. The maximum atomic E-state index is 14.2. The minimum Gasteiger partial charge on any atom is -0.481 e. The fourth-order valence-corrected chi connectivity index (χ4v) is 7.21. The second-order valence-electron chi connectivity index (χ2n) is 10.2. The zero-order chi connectivity index (χ0) is 26.8. The highest BCUT2D eigenvalue weighted by Crippen LogP contribution is 2.52. The van der Waals surface area contributed by atoms with Gasteiger partial charge in [0.2, 0.25) is 5.91 Å².